The van der Waals surface area contributed by atoms with Gasteiger partial charge in [0.05, 0.1) is 0 Å². The molecule has 0 spiro atoms. The normalized spacial score (nSPS) is 22.2. The molecule has 2 heteroatoms. The zero-order chi connectivity index (χ0) is 11.4. The molecule has 1 aliphatic heterocycles. The van der Waals surface area contributed by atoms with Gasteiger partial charge in [-0.15, -0.1) is 0 Å². The zero-order valence-corrected chi connectivity index (χ0v) is 10.0. The van der Waals surface area contributed by atoms with Crippen molar-refractivity contribution in [1.82, 2.24) is 4.90 Å². The Bertz CT molecular complexity index is 335. The van der Waals surface area contributed by atoms with E-state index in [0.717, 1.165) is 12.1 Å². The van der Waals surface area contributed by atoms with Gasteiger partial charge in [0.1, 0.15) is 5.75 Å². The fourth-order valence-corrected chi connectivity index (χ4v) is 2.67. The van der Waals surface area contributed by atoms with Crippen molar-refractivity contribution in [1.29, 1.82) is 0 Å². The highest BCUT2D eigenvalue weighted by atomic mass is 16.3. The second-order valence-electron chi connectivity index (χ2n) is 4.61. The molecule has 1 aromatic rings. The Morgan fingerprint density at radius 2 is 2.12 bits per heavy atom. The molecule has 0 radical (unpaired) electrons. The number of para-hydroxylation sites is 1. The lowest BCUT2D eigenvalue weighted by Gasteiger charge is -2.36. The fraction of sp³-hybridized carbons (Fsp3) is 0.571. The van der Waals surface area contributed by atoms with Gasteiger partial charge in [-0.2, -0.15) is 0 Å². The maximum Gasteiger partial charge on any atom is 0.120 e. The number of nitrogens with zero attached hydrogens (tertiary/aromatic N) is 1. The third-order valence-electron chi connectivity index (χ3n) is 3.42. The van der Waals surface area contributed by atoms with E-state index in [2.05, 4.69) is 17.9 Å². The zero-order valence-electron chi connectivity index (χ0n) is 10.0. The van der Waals surface area contributed by atoms with E-state index < -0.39 is 0 Å². The molecule has 1 fully saturated rings. The first-order valence-electron chi connectivity index (χ1n) is 6.35. The Morgan fingerprint density at radius 1 is 1.31 bits per heavy atom. The molecule has 0 aliphatic carbocycles. The molecular weight excluding hydrogens is 198 g/mol. The molecule has 88 valence electrons. The van der Waals surface area contributed by atoms with Crippen LogP contribution in [0.5, 0.6) is 5.75 Å². The van der Waals surface area contributed by atoms with Crippen LogP contribution < -0.4 is 0 Å². The summed E-state index contributed by atoms with van der Waals surface area (Å²) in [6, 6.07) is 8.21. The minimum Gasteiger partial charge on any atom is -0.508 e. The topological polar surface area (TPSA) is 23.5 Å². The molecule has 0 aromatic heterocycles. The lowest BCUT2D eigenvalue weighted by atomic mass is 9.94. The maximum atomic E-state index is 9.92. The second-order valence-corrected chi connectivity index (χ2v) is 4.61. The molecule has 16 heavy (non-hydrogen) atoms. The van der Waals surface area contributed by atoms with Crippen molar-refractivity contribution in [2.24, 2.45) is 0 Å². The number of phenols is 1. The van der Waals surface area contributed by atoms with Crippen molar-refractivity contribution in [3.63, 3.8) is 0 Å². The van der Waals surface area contributed by atoms with Crippen molar-refractivity contribution in [2.75, 3.05) is 13.1 Å². The van der Waals surface area contributed by atoms with Gasteiger partial charge in [0.25, 0.3) is 0 Å². The van der Waals surface area contributed by atoms with Crippen LogP contribution in [0.15, 0.2) is 24.3 Å². The van der Waals surface area contributed by atoms with Gasteiger partial charge in [-0.05, 0) is 38.4 Å². The van der Waals surface area contributed by atoms with E-state index in [9.17, 15) is 5.11 Å². The Labute approximate surface area is 97.9 Å². The van der Waals surface area contributed by atoms with Gasteiger partial charge in [-0.25, -0.2) is 0 Å². The molecule has 1 unspecified atom stereocenters. The lowest BCUT2D eigenvalue weighted by Crippen LogP contribution is -2.33. The van der Waals surface area contributed by atoms with E-state index >= 15 is 0 Å². The number of aromatic hydroxyl groups is 1. The third kappa shape index (κ3) is 2.38. The van der Waals surface area contributed by atoms with Gasteiger partial charge in [-0.3, -0.25) is 4.90 Å². The predicted molar refractivity (Wildman–Crippen MR) is 66.6 cm³/mol. The molecule has 1 atom stereocenters. The van der Waals surface area contributed by atoms with Crippen LogP contribution in [0.3, 0.4) is 0 Å². The molecule has 0 amide bonds. The Kier molecular flexibility index (Phi) is 3.83. The Balaban J connectivity index is 2.19. The third-order valence-corrected chi connectivity index (χ3v) is 3.42. The number of phenolic OH excluding ortho intramolecular Hbond substituents is 1. The number of hydrogen-bond acceptors (Lipinski definition) is 2. The van der Waals surface area contributed by atoms with Gasteiger partial charge in [-0.1, -0.05) is 31.5 Å². The summed E-state index contributed by atoms with van der Waals surface area (Å²) in [6.45, 7) is 4.53. The summed E-state index contributed by atoms with van der Waals surface area (Å²) in [6.07, 6.45) is 4.94. The summed E-state index contributed by atoms with van der Waals surface area (Å²) in [7, 11) is 0. The molecular formula is C14H21NO. The molecule has 0 bridgehead atoms. The Hall–Kier alpha value is -1.02. The van der Waals surface area contributed by atoms with Crippen molar-refractivity contribution < 1.29 is 5.11 Å². The molecule has 2 rings (SSSR count). The van der Waals surface area contributed by atoms with Gasteiger partial charge in [0, 0.05) is 11.6 Å². The van der Waals surface area contributed by atoms with Gasteiger partial charge in [0.2, 0.25) is 0 Å². The van der Waals surface area contributed by atoms with Crippen molar-refractivity contribution in [3.8, 4) is 5.75 Å². The SMILES string of the molecule is CCCN1CCCCC1c1ccccc1O. The first-order valence-corrected chi connectivity index (χ1v) is 6.35. The summed E-state index contributed by atoms with van der Waals surface area (Å²) in [5, 5.41) is 9.92. The van der Waals surface area contributed by atoms with E-state index in [4.69, 9.17) is 0 Å². The van der Waals surface area contributed by atoms with Gasteiger partial charge in [0.15, 0.2) is 0 Å². The first-order chi connectivity index (χ1) is 7.83. The minimum atomic E-state index is 0.426. The number of benzene rings is 1. The van der Waals surface area contributed by atoms with Crippen LogP contribution >= 0.6 is 0 Å². The standard InChI is InChI=1S/C14H21NO/c1-2-10-15-11-6-5-8-13(15)12-7-3-4-9-14(12)16/h3-4,7,9,13,16H,2,5-6,8,10-11H2,1H3. The molecule has 1 N–H and O–H groups in total. The Morgan fingerprint density at radius 3 is 2.88 bits per heavy atom. The molecule has 0 saturated carbocycles. The quantitative estimate of drug-likeness (QED) is 0.843. The largest absolute Gasteiger partial charge is 0.508 e. The van der Waals surface area contributed by atoms with E-state index in [1.165, 1.54) is 32.2 Å². The summed E-state index contributed by atoms with van der Waals surface area (Å²) >= 11 is 0. The van der Waals surface area contributed by atoms with Crippen LogP contribution in [0, 0.1) is 0 Å². The second kappa shape index (κ2) is 5.35. The fourth-order valence-electron chi connectivity index (χ4n) is 2.67. The number of rotatable bonds is 3. The van der Waals surface area contributed by atoms with Crippen LogP contribution in [0.2, 0.25) is 0 Å². The summed E-state index contributed by atoms with van der Waals surface area (Å²) in [5.41, 5.74) is 1.11. The predicted octanol–water partition coefficient (Wildman–Crippen LogP) is 3.33. The van der Waals surface area contributed by atoms with Crippen molar-refractivity contribution >= 4 is 0 Å². The van der Waals surface area contributed by atoms with E-state index in [0.29, 0.717) is 11.8 Å². The van der Waals surface area contributed by atoms with Crippen LogP contribution in [0.1, 0.15) is 44.2 Å². The van der Waals surface area contributed by atoms with E-state index in [1.54, 1.807) is 6.07 Å². The summed E-state index contributed by atoms with van der Waals surface area (Å²) < 4.78 is 0. The van der Waals surface area contributed by atoms with Gasteiger partial charge < -0.3 is 5.11 Å². The molecule has 1 heterocycles. The first kappa shape index (κ1) is 11.5. The minimum absolute atomic E-state index is 0.426. The number of piperidine rings is 1. The highest BCUT2D eigenvalue weighted by Gasteiger charge is 2.24. The summed E-state index contributed by atoms with van der Waals surface area (Å²) in [4.78, 5) is 2.51. The van der Waals surface area contributed by atoms with Crippen LogP contribution in [-0.2, 0) is 0 Å². The van der Waals surface area contributed by atoms with Crippen molar-refractivity contribution in [2.45, 2.75) is 38.6 Å². The van der Waals surface area contributed by atoms with E-state index in [-0.39, 0.29) is 0 Å². The lowest BCUT2D eigenvalue weighted by molar-refractivity contribution is 0.146. The number of hydrogen-bond donors (Lipinski definition) is 1. The monoisotopic (exact) mass is 219 g/mol. The van der Waals surface area contributed by atoms with Crippen LogP contribution in [0.25, 0.3) is 0 Å². The number of likely N-dealkylation sites (tertiary alicyclic amines) is 1. The average molecular weight is 219 g/mol. The summed E-state index contributed by atoms with van der Waals surface area (Å²) in [5.74, 6) is 0.454. The van der Waals surface area contributed by atoms with E-state index in [1.807, 2.05) is 12.1 Å². The smallest absolute Gasteiger partial charge is 0.120 e. The van der Waals surface area contributed by atoms with Crippen molar-refractivity contribution in [3.05, 3.63) is 29.8 Å². The highest BCUT2D eigenvalue weighted by molar-refractivity contribution is 5.34. The van der Waals surface area contributed by atoms with Crippen LogP contribution in [0.4, 0.5) is 0 Å². The van der Waals surface area contributed by atoms with Gasteiger partial charge >= 0.3 is 0 Å². The molecule has 1 aliphatic rings. The highest BCUT2D eigenvalue weighted by Crippen LogP contribution is 2.35. The molecule has 1 saturated heterocycles. The molecule has 1 aromatic carbocycles. The molecule has 2 nitrogen and oxygen atoms in total. The maximum absolute atomic E-state index is 9.92. The average Bonchev–Trinajstić information content (AvgIpc) is 2.31. The van der Waals surface area contributed by atoms with Crippen LogP contribution in [-0.4, -0.2) is 23.1 Å².